The Morgan fingerprint density at radius 1 is 1.37 bits per heavy atom. The number of anilines is 1. The summed E-state index contributed by atoms with van der Waals surface area (Å²) in [5, 5.41) is 0. The van der Waals surface area contributed by atoms with E-state index in [1.165, 1.54) is 18.4 Å². The lowest BCUT2D eigenvalue weighted by atomic mass is 10.1. The molecule has 0 fully saturated rings. The van der Waals surface area contributed by atoms with E-state index in [1.54, 1.807) is 18.2 Å². The molecule has 1 aromatic heterocycles. The molecular formula is C13H12BrNO3S. The molecule has 0 radical (unpaired) electrons. The molecule has 1 heterocycles. The number of methoxy groups -OCH3 is 1. The normalized spacial score (nSPS) is 10.2. The van der Waals surface area contributed by atoms with Crippen LogP contribution in [0.5, 0.6) is 5.75 Å². The maximum absolute atomic E-state index is 11.9. The third kappa shape index (κ3) is 3.27. The van der Waals surface area contributed by atoms with Crippen molar-refractivity contribution in [3.8, 4) is 5.75 Å². The molecule has 0 amide bonds. The summed E-state index contributed by atoms with van der Waals surface area (Å²) in [4.78, 5) is 12.9. The fourth-order valence-electron chi connectivity index (χ4n) is 1.54. The lowest BCUT2D eigenvalue weighted by molar-refractivity contribution is 0.0478. The van der Waals surface area contributed by atoms with Gasteiger partial charge >= 0.3 is 5.97 Å². The highest BCUT2D eigenvalue weighted by atomic mass is 79.9. The summed E-state index contributed by atoms with van der Waals surface area (Å²) < 4.78 is 11.3. The summed E-state index contributed by atoms with van der Waals surface area (Å²) in [6.45, 7) is 0.228. The van der Waals surface area contributed by atoms with Gasteiger partial charge in [0.1, 0.15) is 12.4 Å². The molecule has 0 saturated carbocycles. The maximum Gasteiger partial charge on any atom is 0.340 e. The summed E-state index contributed by atoms with van der Waals surface area (Å²) in [7, 11) is 1.50. The monoisotopic (exact) mass is 341 g/mol. The quantitative estimate of drug-likeness (QED) is 0.683. The van der Waals surface area contributed by atoms with Gasteiger partial charge in [0, 0.05) is 4.88 Å². The summed E-state index contributed by atoms with van der Waals surface area (Å²) in [6, 6.07) is 8.82. The number of ether oxygens (including phenoxy) is 2. The second-order valence-electron chi connectivity index (χ2n) is 3.70. The van der Waals surface area contributed by atoms with Crippen molar-refractivity contribution < 1.29 is 14.3 Å². The van der Waals surface area contributed by atoms with E-state index in [0.717, 1.165) is 8.66 Å². The van der Waals surface area contributed by atoms with Crippen LogP contribution in [0.2, 0.25) is 0 Å². The number of nitrogen functional groups attached to an aromatic ring is 1. The van der Waals surface area contributed by atoms with Crippen LogP contribution in [0.3, 0.4) is 0 Å². The van der Waals surface area contributed by atoms with E-state index in [2.05, 4.69) is 15.9 Å². The fraction of sp³-hybridized carbons (Fsp3) is 0.154. The minimum absolute atomic E-state index is 0.228. The first-order valence-corrected chi connectivity index (χ1v) is 7.06. The Morgan fingerprint density at radius 3 is 2.79 bits per heavy atom. The highest BCUT2D eigenvalue weighted by Gasteiger charge is 2.14. The first-order valence-electron chi connectivity index (χ1n) is 5.45. The van der Waals surface area contributed by atoms with Gasteiger partial charge in [-0.2, -0.15) is 0 Å². The van der Waals surface area contributed by atoms with Crippen LogP contribution in [0.4, 0.5) is 5.69 Å². The molecule has 19 heavy (non-hydrogen) atoms. The Labute approximate surface area is 123 Å². The van der Waals surface area contributed by atoms with Gasteiger partial charge in [-0.05, 0) is 40.2 Å². The number of thiophene rings is 1. The summed E-state index contributed by atoms with van der Waals surface area (Å²) in [5.41, 5.74) is 6.45. The zero-order chi connectivity index (χ0) is 13.8. The minimum atomic E-state index is -0.457. The predicted octanol–water partition coefficient (Wildman–Crippen LogP) is 3.46. The molecular weight excluding hydrogens is 330 g/mol. The van der Waals surface area contributed by atoms with Gasteiger partial charge in [0.25, 0.3) is 0 Å². The van der Waals surface area contributed by atoms with E-state index in [-0.39, 0.29) is 6.61 Å². The zero-order valence-corrected chi connectivity index (χ0v) is 12.6. The molecule has 100 valence electrons. The fourth-order valence-corrected chi connectivity index (χ4v) is 2.94. The highest BCUT2D eigenvalue weighted by molar-refractivity contribution is 9.11. The van der Waals surface area contributed by atoms with Gasteiger partial charge < -0.3 is 15.2 Å². The van der Waals surface area contributed by atoms with Gasteiger partial charge in [-0.15, -0.1) is 11.3 Å². The van der Waals surface area contributed by atoms with Crippen molar-refractivity contribution >= 4 is 38.9 Å². The van der Waals surface area contributed by atoms with Gasteiger partial charge in [-0.1, -0.05) is 6.07 Å². The Kier molecular flexibility index (Phi) is 4.44. The SMILES string of the molecule is COc1cccc(C(=O)OCc2ccc(Br)s2)c1N. The lowest BCUT2D eigenvalue weighted by Crippen LogP contribution is -2.08. The molecule has 4 nitrogen and oxygen atoms in total. The molecule has 0 spiro atoms. The van der Waals surface area contributed by atoms with Crippen LogP contribution >= 0.6 is 27.3 Å². The number of hydrogen-bond donors (Lipinski definition) is 1. The molecule has 0 aliphatic carbocycles. The number of carbonyl (C=O) groups is 1. The van der Waals surface area contributed by atoms with Gasteiger partial charge in [0.15, 0.2) is 0 Å². The van der Waals surface area contributed by atoms with Crippen molar-refractivity contribution in [2.24, 2.45) is 0 Å². The zero-order valence-electron chi connectivity index (χ0n) is 10.2. The molecule has 1 aromatic carbocycles. The number of carbonyl (C=O) groups excluding carboxylic acids is 1. The molecule has 0 bridgehead atoms. The summed E-state index contributed by atoms with van der Waals surface area (Å²) in [6.07, 6.45) is 0. The molecule has 0 aliphatic rings. The lowest BCUT2D eigenvalue weighted by Gasteiger charge is -2.09. The van der Waals surface area contributed by atoms with E-state index in [9.17, 15) is 4.79 Å². The van der Waals surface area contributed by atoms with E-state index >= 15 is 0 Å². The Bertz CT molecular complexity index is 597. The standard InChI is InChI=1S/C13H12BrNO3S/c1-17-10-4-2-3-9(12(10)15)13(16)18-7-8-5-6-11(14)19-8/h2-6H,7,15H2,1H3. The second-order valence-corrected chi connectivity index (χ2v) is 6.25. The number of para-hydroxylation sites is 1. The largest absolute Gasteiger partial charge is 0.495 e. The molecule has 0 aliphatic heterocycles. The summed E-state index contributed by atoms with van der Waals surface area (Å²) >= 11 is 4.88. The number of rotatable bonds is 4. The maximum atomic E-state index is 11.9. The molecule has 0 saturated heterocycles. The number of esters is 1. The van der Waals surface area contributed by atoms with Gasteiger partial charge in [-0.3, -0.25) is 0 Å². The second kappa shape index (κ2) is 6.08. The van der Waals surface area contributed by atoms with Crippen LogP contribution < -0.4 is 10.5 Å². The van der Waals surface area contributed by atoms with E-state index in [4.69, 9.17) is 15.2 Å². The third-order valence-electron chi connectivity index (χ3n) is 2.48. The minimum Gasteiger partial charge on any atom is -0.495 e. The van der Waals surface area contributed by atoms with Crippen molar-refractivity contribution in [1.82, 2.24) is 0 Å². The van der Waals surface area contributed by atoms with E-state index in [0.29, 0.717) is 17.0 Å². The van der Waals surface area contributed by atoms with Gasteiger partial charge in [0.05, 0.1) is 22.1 Å². The van der Waals surface area contributed by atoms with Crippen molar-refractivity contribution in [2.75, 3.05) is 12.8 Å². The number of halogens is 1. The molecule has 0 unspecified atom stereocenters. The summed E-state index contributed by atoms with van der Waals surface area (Å²) in [5.74, 6) is 0.00856. The Hall–Kier alpha value is -1.53. The Morgan fingerprint density at radius 2 is 2.16 bits per heavy atom. The van der Waals surface area contributed by atoms with E-state index in [1.807, 2.05) is 12.1 Å². The van der Waals surface area contributed by atoms with Crippen molar-refractivity contribution in [3.63, 3.8) is 0 Å². The van der Waals surface area contributed by atoms with Crippen LogP contribution in [-0.2, 0) is 11.3 Å². The van der Waals surface area contributed by atoms with Crippen LogP contribution in [0.15, 0.2) is 34.1 Å². The number of nitrogens with two attached hydrogens (primary N) is 1. The van der Waals surface area contributed by atoms with Gasteiger partial charge in [-0.25, -0.2) is 4.79 Å². The van der Waals surface area contributed by atoms with Crippen molar-refractivity contribution in [3.05, 3.63) is 44.6 Å². The molecule has 2 aromatic rings. The first-order chi connectivity index (χ1) is 9.11. The van der Waals surface area contributed by atoms with Crippen LogP contribution in [0.1, 0.15) is 15.2 Å². The van der Waals surface area contributed by atoms with Crippen molar-refractivity contribution in [1.29, 1.82) is 0 Å². The van der Waals surface area contributed by atoms with Crippen molar-refractivity contribution in [2.45, 2.75) is 6.61 Å². The topological polar surface area (TPSA) is 61.5 Å². The smallest absolute Gasteiger partial charge is 0.340 e. The van der Waals surface area contributed by atoms with E-state index < -0.39 is 5.97 Å². The Balaban J connectivity index is 2.08. The highest BCUT2D eigenvalue weighted by Crippen LogP contribution is 2.26. The van der Waals surface area contributed by atoms with Crippen LogP contribution in [0, 0.1) is 0 Å². The van der Waals surface area contributed by atoms with Gasteiger partial charge in [0.2, 0.25) is 0 Å². The molecule has 0 atom stereocenters. The molecule has 2 N–H and O–H groups in total. The number of hydrogen-bond acceptors (Lipinski definition) is 5. The van der Waals surface area contributed by atoms with Crippen LogP contribution in [0.25, 0.3) is 0 Å². The first kappa shape index (κ1) is 13.9. The third-order valence-corrected chi connectivity index (χ3v) is 4.08. The van der Waals surface area contributed by atoms with Crippen LogP contribution in [-0.4, -0.2) is 13.1 Å². The number of benzene rings is 1. The molecule has 2 rings (SSSR count). The average Bonchev–Trinajstić information content (AvgIpc) is 2.82. The average molecular weight is 342 g/mol. The molecule has 6 heteroatoms. The predicted molar refractivity (Wildman–Crippen MR) is 78.5 cm³/mol.